The van der Waals surface area contributed by atoms with Crippen LogP contribution >= 0.6 is 6.72 Å². The van der Waals surface area contributed by atoms with E-state index in [0.29, 0.717) is 5.56 Å². The molecule has 4 aromatic heterocycles. The first kappa shape index (κ1) is 53.3. The maximum atomic E-state index is 14.3. The summed E-state index contributed by atoms with van der Waals surface area (Å²) in [7, 11) is 1.40. The zero-order chi connectivity index (χ0) is 54.3. The molecular formula is C53H48N11O12PS. The third-order valence-electron chi connectivity index (χ3n) is 13.0. The van der Waals surface area contributed by atoms with Gasteiger partial charge in [0.05, 0.1) is 56.6 Å². The first-order chi connectivity index (χ1) is 38.0. The van der Waals surface area contributed by atoms with Gasteiger partial charge in [0.1, 0.15) is 31.0 Å². The second-order valence-electron chi connectivity index (χ2n) is 17.7. The van der Waals surface area contributed by atoms with Gasteiger partial charge in [-0.25, -0.2) is 39.6 Å². The molecule has 0 aliphatic carbocycles. The SMILES string of the molecule is CO[C@H]1[C@@H](OP(=S)(OCCC#N)OC[C@H]2O[C@@H](n3cnc4c(N(C(=O)c5ccccc5)C(=O)c5ccccc5)ncnc43)[C@H](OC(=O)c3ccccc3)[C@@H]2C)[C@H](n2cnc3c(NC(=O)c4ccccc4)ncnc32)O[C@@H]1CO. The molecular weight excluding hydrogens is 1050 g/mol. The number of hydrogen-bond donors (Lipinski definition) is 2. The number of ether oxygens (including phenoxy) is 4. The number of fused-ring (bicyclic) bond motifs is 2. The summed E-state index contributed by atoms with van der Waals surface area (Å²) in [5, 5.41) is 22.9. The third-order valence-corrected chi connectivity index (χ3v) is 15.3. The maximum absolute atomic E-state index is 14.3. The van der Waals surface area contributed by atoms with Crippen molar-refractivity contribution < 1.29 is 56.8 Å². The molecule has 2 aliphatic rings. The van der Waals surface area contributed by atoms with E-state index >= 15 is 0 Å². The highest BCUT2D eigenvalue weighted by molar-refractivity contribution is 8.07. The summed E-state index contributed by atoms with van der Waals surface area (Å²) >= 11 is 6.11. The first-order valence-corrected chi connectivity index (χ1v) is 26.9. The molecule has 0 bridgehead atoms. The molecule has 78 heavy (non-hydrogen) atoms. The number of nitriles is 1. The van der Waals surface area contributed by atoms with Crippen LogP contribution in [0, 0.1) is 17.2 Å². The average Bonchev–Trinajstić information content (AvgIpc) is 4.45. The standard InChI is InChI=1S/C53H48N11O12PS/c1-32-38(27-72-77(78,71-25-15-24-54)76-43-42(70-2)37(26-65)73-52(43)62-30-59-39-44(55-28-56-45(39)62)61-48(66)33-16-7-3-8-17-33)74-51(41(32)75-53(69)36-22-13-6-14-23-36)63-31-60-40-46(63)57-29-58-47(40)64(49(67)34-18-9-4-10-19-34)50(68)35-20-11-5-12-21-35/h3-14,16-23,28-32,37-38,41-43,51-52,65H,15,25-27H2,1-2H3,(H,55,56,61,66)/t32-,37-,38-,41-,42-,43-,51-,52-,77?/m1/s1. The molecule has 8 aromatic rings. The van der Waals surface area contributed by atoms with Gasteiger partial charge in [-0.05, 0) is 60.3 Å². The quantitative estimate of drug-likeness (QED) is 0.0372. The zero-order valence-electron chi connectivity index (χ0n) is 41.6. The number of hydrogen-bond acceptors (Lipinski definition) is 20. The molecule has 6 heterocycles. The number of nitrogens with zero attached hydrogens (tertiary/aromatic N) is 10. The van der Waals surface area contributed by atoms with Gasteiger partial charge in [0.15, 0.2) is 52.5 Å². The minimum Gasteiger partial charge on any atom is -0.454 e. The minimum atomic E-state index is -4.01. The number of carbonyl (C=O) groups excluding carboxylic acids is 4. The molecule has 0 radical (unpaired) electrons. The van der Waals surface area contributed by atoms with Gasteiger partial charge in [-0.2, -0.15) is 5.26 Å². The molecule has 23 nitrogen and oxygen atoms in total. The number of amides is 3. The summed E-state index contributed by atoms with van der Waals surface area (Å²) in [5.41, 5.74) is 1.69. The Labute approximate surface area is 449 Å². The van der Waals surface area contributed by atoms with Crippen molar-refractivity contribution in [3.05, 3.63) is 169 Å². The monoisotopic (exact) mass is 1090 g/mol. The van der Waals surface area contributed by atoms with Crippen molar-refractivity contribution >= 4 is 76.2 Å². The molecule has 3 amide bonds. The van der Waals surface area contributed by atoms with Crippen LogP contribution in [0.3, 0.4) is 0 Å². The van der Waals surface area contributed by atoms with Crippen LogP contribution in [0.5, 0.6) is 0 Å². The van der Waals surface area contributed by atoms with E-state index < -0.39 is 85.9 Å². The minimum absolute atomic E-state index is 0.0532. The number of nitrogens with one attached hydrogen (secondary N) is 1. The number of esters is 1. The lowest BCUT2D eigenvalue weighted by molar-refractivity contribution is -0.0604. The molecule has 0 spiro atoms. The van der Waals surface area contributed by atoms with Crippen LogP contribution in [0.1, 0.15) is 67.2 Å². The van der Waals surface area contributed by atoms with Crippen molar-refractivity contribution in [2.45, 2.75) is 56.3 Å². The fourth-order valence-corrected chi connectivity index (χ4v) is 11.1. The van der Waals surface area contributed by atoms with E-state index in [0.717, 1.165) is 4.90 Å². The molecule has 9 atom stereocenters. The van der Waals surface area contributed by atoms with Gasteiger partial charge in [-0.15, -0.1) is 0 Å². The Hall–Kier alpha value is -8.08. The number of rotatable bonds is 19. The molecule has 25 heteroatoms. The predicted octanol–water partition coefficient (Wildman–Crippen LogP) is 6.63. The molecule has 2 N–H and O–H groups in total. The summed E-state index contributed by atoms with van der Waals surface area (Å²) in [6.07, 6.45) is -2.32. The van der Waals surface area contributed by atoms with Crippen molar-refractivity contribution in [2.75, 3.05) is 37.1 Å². The van der Waals surface area contributed by atoms with E-state index in [9.17, 15) is 29.5 Å². The van der Waals surface area contributed by atoms with Crippen LogP contribution in [0.4, 0.5) is 11.6 Å². The lowest BCUT2D eigenvalue weighted by atomic mass is 10.0. The van der Waals surface area contributed by atoms with Gasteiger partial charge < -0.3 is 38.4 Å². The Morgan fingerprint density at radius 3 is 1.83 bits per heavy atom. The maximum Gasteiger partial charge on any atom is 0.338 e. The highest BCUT2D eigenvalue weighted by atomic mass is 32.5. The number of aliphatic hydroxyl groups excluding tert-OH is 1. The summed E-state index contributed by atoms with van der Waals surface area (Å²) in [6.45, 7) is -3.27. The fraction of sp³-hybridized carbons (Fsp3) is 0.264. The Bertz CT molecular complexity index is 3490. The average molecular weight is 1090 g/mol. The van der Waals surface area contributed by atoms with Crippen molar-refractivity contribution in [3.8, 4) is 6.07 Å². The molecule has 398 valence electrons. The number of imidazole rings is 2. The number of anilines is 2. The van der Waals surface area contributed by atoms with Crippen LogP contribution < -0.4 is 10.2 Å². The van der Waals surface area contributed by atoms with Crippen molar-refractivity contribution in [1.29, 1.82) is 5.26 Å². The second kappa shape index (κ2) is 23.7. The zero-order valence-corrected chi connectivity index (χ0v) is 43.3. The Balaban J connectivity index is 0.963. The Morgan fingerprint density at radius 1 is 0.705 bits per heavy atom. The second-order valence-corrected chi connectivity index (χ2v) is 20.7. The number of methoxy groups -OCH3 is 1. The normalized spacial score (nSPS) is 21.7. The smallest absolute Gasteiger partial charge is 0.338 e. The van der Waals surface area contributed by atoms with Crippen LogP contribution in [-0.2, 0) is 44.3 Å². The van der Waals surface area contributed by atoms with E-state index in [-0.39, 0.29) is 70.3 Å². The van der Waals surface area contributed by atoms with Crippen molar-refractivity contribution in [3.63, 3.8) is 0 Å². The number of aliphatic hydroxyl groups is 1. The van der Waals surface area contributed by atoms with Gasteiger partial charge in [0.2, 0.25) is 0 Å². The number of carbonyl (C=O) groups is 4. The van der Waals surface area contributed by atoms with E-state index in [1.165, 1.54) is 41.6 Å². The third kappa shape index (κ3) is 10.9. The Kier molecular flexibility index (Phi) is 16.2. The molecule has 4 aromatic carbocycles. The lowest BCUT2D eigenvalue weighted by Crippen LogP contribution is -2.38. The highest BCUT2D eigenvalue weighted by Crippen LogP contribution is 2.55. The van der Waals surface area contributed by atoms with Gasteiger partial charge >= 0.3 is 12.7 Å². The summed E-state index contributed by atoms with van der Waals surface area (Å²) in [4.78, 5) is 83.5. The van der Waals surface area contributed by atoms with Gasteiger partial charge in [0, 0.05) is 29.7 Å². The molecule has 2 aliphatic heterocycles. The van der Waals surface area contributed by atoms with E-state index in [1.54, 1.807) is 128 Å². The molecule has 0 saturated carbocycles. The topological polar surface area (TPSA) is 279 Å². The summed E-state index contributed by atoms with van der Waals surface area (Å²) < 4.78 is 47.6. The lowest BCUT2D eigenvalue weighted by Gasteiger charge is -2.30. The van der Waals surface area contributed by atoms with Gasteiger partial charge in [-0.1, -0.05) is 79.7 Å². The molecule has 2 saturated heterocycles. The molecule has 2 fully saturated rings. The van der Waals surface area contributed by atoms with Crippen molar-refractivity contribution in [2.24, 2.45) is 5.92 Å². The Morgan fingerprint density at radius 2 is 1.24 bits per heavy atom. The number of imide groups is 1. The fourth-order valence-electron chi connectivity index (χ4n) is 9.08. The largest absolute Gasteiger partial charge is 0.454 e. The number of benzene rings is 4. The number of aromatic nitrogens is 8. The van der Waals surface area contributed by atoms with Gasteiger partial charge in [0.25, 0.3) is 17.7 Å². The van der Waals surface area contributed by atoms with Crippen LogP contribution in [-0.4, -0.2) is 125 Å². The predicted molar refractivity (Wildman–Crippen MR) is 281 cm³/mol. The summed E-state index contributed by atoms with van der Waals surface area (Å²) in [6, 6.07) is 35.5. The van der Waals surface area contributed by atoms with E-state index in [4.69, 9.17) is 44.3 Å². The van der Waals surface area contributed by atoms with Crippen LogP contribution in [0.15, 0.2) is 147 Å². The van der Waals surface area contributed by atoms with Crippen LogP contribution in [0.25, 0.3) is 22.3 Å². The summed E-state index contributed by atoms with van der Waals surface area (Å²) in [5.74, 6) is -3.10. The van der Waals surface area contributed by atoms with E-state index in [1.807, 2.05) is 6.07 Å². The molecule has 10 rings (SSSR count). The van der Waals surface area contributed by atoms with Crippen LogP contribution in [0.2, 0.25) is 0 Å². The van der Waals surface area contributed by atoms with Gasteiger partial charge in [-0.3, -0.25) is 28.0 Å². The highest BCUT2D eigenvalue weighted by Gasteiger charge is 2.51. The van der Waals surface area contributed by atoms with Crippen molar-refractivity contribution in [1.82, 2.24) is 39.0 Å². The molecule has 1 unspecified atom stereocenters. The van der Waals surface area contributed by atoms with E-state index in [2.05, 4.69) is 35.2 Å². The first-order valence-electron chi connectivity index (χ1n) is 24.4.